The zero-order valence-corrected chi connectivity index (χ0v) is 17.0. The number of nitrogens with one attached hydrogen (secondary N) is 1. The van der Waals surface area contributed by atoms with E-state index in [-0.39, 0.29) is 24.4 Å². The van der Waals surface area contributed by atoms with Crippen molar-refractivity contribution in [1.82, 2.24) is 10.2 Å². The summed E-state index contributed by atoms with van der Waals surface area (Å²) in [7, 11) is 4.72. The molecule has 0 fully saturated rings. The van der Waals surface area contributed by atoms with Crippen LogP contribution in [0.25, 0.3) is 0 Å². The molecule has 3 rings (SSSR count). The van der Waals surface area contributed by atoms with E-state index in [4.69, 9.17) is 14.2 Å². The quantitative estimate of drug-likeness (QED) is 0.736. The van der Waals surface area contributed by atoms with Crippen LogP contribution in [0.5, 0.6) is 11.5 Å². The molecular formula is C22H27FN2O4. The minimum atomic E-state index is -0.252. The monoisotopic (exact) mass is 402 g/mol. The van der Waals surface area contributed by atoms with Gasteiger partial charge in [0.25, 0.3) is 0 Å². The zero-order valence-electron chi connectivity index (χ0n) is 17.0. The van der Waals surface area contributed by atoms with Crippen molar-refractivity contribution in [3.8, 4) is 11.5 Å². The molecule has 0 saturated heterocycles. The largest absolute Gasteiger partial charge is 0.493 e. The van der Waals surface area contributed by atoms with Crippen LogP contribution in [0.1, 0.15) is 22.7 Å². The highest BCUT2D eigenvalue weighted by molar-refractivity contribution is 5.77. The number of carbonyl (C=O) groups is 1. The topological polar surface area (TPSA) is 60.0 Å². The third-order valence-electron chi connectivity index (χ3n) is 5.18. The molecule has 0 radical (unpaired) electrons. The number of fused-ring (bicyclic) bond motifs is 1. The Morgan fingerprint density at radius 2 is 1.83 bits per heavy atom. The van der Waals surface area contributed by atoms with Crippen LogP contribution in [-0.4, -0.2) is 51.8 Å². The van der Waals surface area contributed by atoms with Crippen molar-refractivity contribution in [2.24, 2.45) is 0 Å². The normalized spacial score (nSPS) is 16.2. The number of methoxy groups -OCH3 is 3. The van der Waals surface area contributed by atoms with E-state index in [2.05, 4.69) is 10.2 Å². The van der Waals surface area contributed by atoms with Gasteiger partial charge in [0.05, 0.1) is 20.3 Å². The second-order valence-electron chi connectivity index (χ2n) is 7.01. The average molecular weight is 402 g/mol. The fourth-order valence-electron chi connectivity index (χ4n) is 3.73. The molecule has 1 amide bonds. The maximum atomic E-state index is 13.3. The van der Waals surface area contributed by atoms with Crippen LogP contribution >= 0.6 is 0 Å². The van der Waals surface area contributed by atoms with Gasteiger partial charge >= 0.3 is 0 Å². The molecule has 1 heterocycles. The lowest BCUT2D eigenvalue weighted by molar-refractivity contribution is -0.125. The second kappa shape index (κ2) is 9.71. The number of amides is 1. The first-order valence-corrected chi connectivity index (χ1v) is 9.54. The molecule has 0 spiro atoms. The molecule has 2 aromatic rings. The molecule has 1 unspecified atom stereocenters. The summed E-state index contributed by atoms with van der Waals surface area (Å²) in [5, 5.41) is 2.95. The predicted octanol–water partition coefficient (Wildman–Crippen LogP) is 2.70. The van der Waals surface area contributed by atoms with Gasteiger partial charge in [-0.3, -0.25) is 9.69 Å². The number of ether oxygens (including phenoxy) is 3. The Kier molecular flexibility index (Phi) is 7.06. The van der Waals surface area contributed by atoms with Crippen molar-refractivity contribution in [2.75, 3.05) is 41.0 Å². The van der Waals surface area contributed by atoms with Crippen LogP contribution in [0.2, 0.25) is 0 Å². The molecule has 1 aliphatic heterocycles. The summed E-state index contributed by atoms with van der Waals surface area (Å²) in [6.45, 7) is 1.92. The molecule has 0 saturated carbocycles. The molecule has 1 N–H and O–H groups in total. The highest BCUT2D eigenvalue weighted by Gasteiger charge is 2.29. The van der Waals surface area contributed by atoms with Crippen LogP contribution in [0.15, 0.2) is 36.4 Å². The lowest BCUT2D eigenvalue weighted by Gasteiger charge is -2.38. The van der Waals surface area contributed by atoms with E-state index in [1.807, 2.05) is 12.1 Å². The van der Waals surface area contributed by atoms with E-state index in [1.54, 1.807) is 26.4 Å². The van der Waals surface area contributed by atoms with Gasteiger partial charge in [0.2, 0.25) is 5.91 Å². The summed E-state index contributed by atoms with van der Waals surface area (Å²) < 4.78 is 29.1. The van der Waals surface area contributed by atoms with E-state index >= 15 is 0 Å². The Labute approximate surface area is 170 Å². The number of hydrogen-bond acceptors (Lipinski definition) is 5. The lowest BCUT2D eigenvalue weighted by Crippen LogP contribution is -2.42. The van der Waals surface area contributed by atoms with Crippen molar-refractivity contribution < 1.29 is 23.4 Å². The molecule has 1 atom stereocenters. The van der Waals surface area contributed by atoms with E-state index in [0.29, 0.717) is 24.6 Å². The van der Waals surface area contributed by atoms with Gasteiger partial charge in [0.1, 0.15) is 12.4 Å². The zero-order chi connectivity index (χ0) is 20.8. The molecular weight excluding hydrogens is 375 g/mol. The van der Waals surface area contributed by atoms with E-state index < -0.39 is 0 Å². The summed E-state index contributed by atoms with van der Waals surface area (Å²) in [4.78, 5) is 14.3. The number of rotatable bonds is 8. The number of nitrogens with zero attached hydrogens (tertiary/aromatic N) is 1. The molecule has 0 bridgehead atoms. The first kappa shape index (κ1) is 21.1. The average Bonchev–Trinajstić information content (AvgIpc) is 2.73. The Balaban J connectivity index is 1.89. The van der Waals surface area contributed by atoms with Gasteiger partial charge in [0.15, 0.2) is 11.5 Å². The van der Waals surface area contributed by atoms with Gasteiger partial charge in [-0.2, -0.15) is 0 Å². The van der Waals surface area contributed by atoms with E-state index in [9.17, 15) is 9.18 Å². The highest BCUT2D eigenvalue weighted by atomic mass is 19.1. The van der Waals surface area contributed by atoms with Crippen LogP contribution in [-0.2, 0) is 22.5 Å². The summed E-state index contributed by atoms with van der Waals surface area (Å²) >= 11 is 0. The Morgan fingerprint density at radius 3 is 2.48 bits per heavy atom. The van der Waals surface area contributed by atoms with Crippen molar-refractivity contribution in [1.29, 1.82) is 0 Å². The van der Waals surface area contributed by atoms with Crippen molar-refractivity contribution >= 4 is 5.91 Å². The smallest absolute Gasteiger partial charge is 0.246 e. The number of carbonyl (C=O) groups excluding carboxylic acids is 1. The van der Waals surface area contributed by atoms with Crippen LogP contribution in [0, 0.1) is 5.82 Å². The fourth-order valence-corrected chi connectivity index (χ4v) is 3.73. The lowest BCUT2D eigenvalue weighted by atomic mass is 9.91. The van der Waals surface area contributed by atoms with Gasteiger partial charge in [-0.15, -0.1) is 0 Å². The number of halogens is 1. The van der Waals surface area contributed by atoms with Gasteiger partial charge in [-0.1, -0.05) is 12.1 Å². The number of benzene rings is 2. The van der Waals surface area contributed by atoms with Gasteiger partial charge in [0, 0.05) is 26.7 Å². The number of hydrogen-bond donors (Lipinski definition) is 1. The first-order chi connectivity index (χ1) is 14.0. The maximum Gasteiger partial charge on any atom is 0.246 e. The van der Waals surface area contributed by atoms with Crippen LogP contribution < -0.4 is 14.8 Å². The third-order valence-corrected chi connectivity index (χ3v) is 5.18. The minimum Gasteiger partial charge on any atom is -0.493 e. The van der Waals surface area contributed by atoms with Gasteiger partial charge in [-0.25, -0.2) is 4.39 Å². The van der Waals surface area contributed by atoms with E-state index in [0.717, 1.165) is 24.1 Å². The summed E-state index contributed by atoms with van der Waals surface area (Å²) in [6.07, 6.45) is 0.847. The SMILES string of the molecule is COCC(=O)NCC1c2cc(OC)c(OC)cc2CCN1Cc1ccc(F)cc1. The Bertz CT molecular complexity index is 841. The molecule has 7 heteroatoms. The molecule has 156 valence electrons. The Hall–Kier alpha value is -2.64. The van der Waals surface area contributed by atoms with Crippen LogP contribution in [0.3, 0.4) is 0 Å². The van der Waals surface area contributed by atoms with Crippen molar-refractivity contribution in [2.45, 2.75) is 19.0 Å². The van der Waals surface area contributed by atoms with Gasteiger partial charge in [-0.05, 0) is 47.4 Å². The first-order valence-electron chi connectivity index (χ1n) is 9.54. The summed E-state index contributed by atoms with van der Waals surface area (Å²) in [5.74, 6) is 0.934. The third kappa shape index (κ3) is 5.05. The molecule has 0 aliphatic carbocycles. The minimum absolute atomic E-state index is 0.0173. The van der Waals surface area contributed by atoms with Gasteiger partial charge < -0.3 is 19.5 Å². The van der Waals surface area contributed by atoms with E-state index in [1.165, 1.54) is 24.8 Å². The Morgan fingerprint density at radius 1 is 1.14 bits per heavy atom. The van der Waals surface area contributed by atoms with Crippen LogP contribution in [0.4, 0.5) is 4.39 Å². The summed E-state index contributed by atoms with van der Waals surface area (Å²) in [5.41, 5.74) is 3.28. The molecule has 6 nitrogen and oxygen atoms in total. The molecule has 0 aromatic heterocycles. The molecule has 1 aliphatic rings. The standard InChI is InChI=1S/C22H27FN2O4/c1-27-14-22(26)24-12-19-18-11-21(29-3)20(28-2)10-16(18)8-9-25(19)13-15-4-6-17(23)7-5-15/h4-7,10-11,19H,8-9,12-14H2,1-3H3,(H,24,26). The highest BCUT2D eigenvalue weighted by Crippen LogP contribution is 2.38. The molecule has 2 aromatic carbocycles. The fraction of sp³-hybridized carbons (Fsp3) is 0.409. The maximum absolute atomic E-state index is 13.3. The summed E-state index contributed by atoms with van der Waals surface area (Å²) in [6, 6.07) is 10.5. The molecule has 29 heavy (non-hydrogen) atoms. The van der Waals surface area contributed by atoms with Crippen molar-refractivity contribution in [3.63, 3.8) is 0 Å². The second-order valence-corrected chi connectivity index (χ2v) is 7.01. The van der Waals surface area contributed by atoms with Crippen molar-refractivity contribution in [3.05, 3.63) is 58.9 Å². The predicted molar refractivity (Wildman–Crippen MR) is 108 cm³/mol.